The Hall–Kier alpha value is -3.19. The maximum absolute atomic E-state index is 13.1. The minimum atomic E-state index is -0.678. The molecule has 1 N–H and O–H groups in total. The monoisotopic (exact) mass is 710 g/mol. The molecule has 3 aromatic rings. The second-order valence-corrected chi connectivity index (χ2v) is 11.3. The van der Waals surface area contributed by atoms with Crippen molar-refractivity contribution in [2.24, 2.45) is 0 Å². The lowest BCUT2D eigenvalue weighted by Crippen LogP contribution is -2.36. The van der Waals surface area contributed by atoms with Crippen molar-refractivity contribution in [1.29, 1.82) is 0 Å². The number of esters is 1. The second kappa shape index (κ2) is 13.0. The van der Waals surface area contributed by atoms with Crippen LogP contribution in [0, 0.1) is 5.82 Å². The molecule has 40 heavy (non-hydrogen) atoms. The van der Waals surface area contributed by atoms with Gasteiger partial charge in [-0.25, -0.2) is 9.18 Å². The van der Waals surface area contributed by atoms with Gasteiger partial charge < -0.3 is 14.8 Å². The summed E-state index contributed by atoms with van der Waals surface area (Å²) in [5, 5.41) is 2.09. The van der Waals surface area contributed by atoms with Gasteiger partial charge in [0.2, 0.25) is 5.91 Å². The molecule has 1 aliphatic heterocycles. The van der Waals surface area contributed by atoms with Gasteiger partial charge in [-0.1, -0.05) is 23.7 Å². The fraction of sp³-hybridized carbons (Fsp3) is 0.111. The number of carbonyl (C=O) groups is 4. The van der Waals surface area contributed by atoms with Crippen LogP contribution in [-0.4, -0.2) is 41.6 Å². The predicted molar refractivity (Wildman–Crippen MR) is 157 cm³/mol. The molecule has 4 rings (SSSR count). The van der Waals surface area contributed by atoms with E-state index in [0.717, 1.165) is 10.5 Å². The Balaban J connectivity index is 1.43. The molecule has 3 aromatic carbocycles. The SMILES string of the molecule is COC(=O)c1cc(NC(=O)CN2C(=O)S/C(=C/c3cc(Br)c(OCc4ccc(F)cc4)c(Br)c3)C2=O)ccc1Cl. The molecule has 0 atom stereocenters. The number of thioether (sulfide) groups is 1. The van der Waals surface area contributed by atoms with E-state index in [1.54, 1.807) is 24.3 Å². The van der Waals surface area contributed by atoms with E-state index in [4.69, 9.17) is 16.3 Å². The van der Waals surface area contributed by atoms with Crippen LogP contribution in [-0.2, 0) is 20.9 Å². The number of nitrogens with one attached hydrogen (secondary N) is 1. The highest BCUT2D eigenvalue weighted by Crippen LogP contribution is 2.38. The highest BCUT2D eigenvalue weighted by Gasteiger charge is 2.36. The van der Waals surface area contributed by atoms with Crippen molar-refractivity contribution in [3.8, 4) is 5.75 Å². The molecule has 0 bridgehead atoms. The van der Waals surface area contributed by atoms with E-state index in [9.17, 15) is 23.6 Å². The van der Waals surface area contributed by atoms with Crippen molar-refractivity contribution < 1.29 is 33.0 Å². The van der Waals surface area contributed by atoms with E-state index in [0.29, 0.717) is 32.0 Å². The van der Waals surface area contributed by atoms with Gasteiger partial charge in [0.15, 0.2) is 0 Å². The van der Waals surface area contributed by atoms with Crippen molar-refractivity contribution in [2.75, 3.05) is 19.0 Å². The van der Waals surface area contributed by atoms with Crippen LogP contribution in [0.3, 0.4) is 0 Å². The van der Waals surface area contributed by atoms with E-state index in [-0.39, 0.29) is 33.6 Å². The van der Waals surface area contributed by atoms with E-state index in [2.05, 4.69) is 41.9 Å². The average molecular weight is 713 g/mol. The molecule has 0 radical (unpaired) electrons. The number of hydrogen-bond donors (Lipinski definition) is 1. The first-order chi connectivity index (χ1) is 19.0. The number of benzene rings is 3. The van der Waals surface area contributed by atoms with Crippen molar-refractivity contribution in [1.82, 2.24) is 4.90 Å². The lowest BCUT2D eigenvalue weighted by Gasteiger charge is -2.13. The van der Waals surface area contributed by atoms with Crippen molar-refractivity contribution >= 4 is 90.0 Å². The first-order valence-corrected chi connectivity index (χ1v) is 14.1. The zero-order valence-corrected chi connectivity index (χ0v) is 25.2. The molecule has 0 saturated carbocycles. The summed E-state index contributed by atoms with van der Waals surface area (Å²) < 4.78 is 24.8. The lowest BCUT2D eigenvalue weighted by molar-refractivity contribution is -0.127. The number of rotatable bonds is 8. The summed E-state index contributed by atoms with van der Waals surface area (Å²) in [6, 6.07) is 13.6. The van der Waals surface area contributed by atoms with Gasteiger partial charge in [0, 0.05) is 5.69 Å². The van der Waals surface area contributed by atoms with E-state index >= 15 is 0 Å². The minimum Gasteiger partial charge on any atom is -0.487 e. The molecule has 1 heterocycles. The number of hydrogen-bond acceptors (Lipinski definition) is 7. The number of anilines is 1. The molecule has 3 amide bonds. The van der Waals surface area contributed by atoms with Crippen molar-refractivity contribution in [2.45, 2.75) is 6.61 Å². The van der Waals surface area contributed by atoms with Gasteiger partial charge in [0.1, 0.15) is 24.7 Å². The van der Waals surface area contributed by atoms with Crippen molar-refractivity contribution in [3.05, 3.63) is 96.0 Å². The molecule has 206 valence electrons. The maximum Gasteiger partial charge on any atom is 0.339 e. The summed E-state index contributed by atoms with van der Waals surface area (Å²) in [4.78, 5) is 50.9. The second-order valence-electron chi connectivity index (χ2n) is 8.23. The van der Waals surface area contributed by atoms with E-state index in [1.807, 2.05) is 0 Å². The topological polar surface area (TPSA) is 102 Å². The van der Waals surface area contributed by atoms with Crippen LogP contribution in [0.2, 0.25) is 5.02 Å². The Morgan fingerprint density at radius 1 is 1.07 bits per heavy atom. The first kappa shape index (κ1) is 29.8. The molecular formula is C27H18Br2ClFN2O6S. The molecule has 0 aliphatic carbocycles. The number of halogens is 4. The summed E-state index contributed by atoms with van der Waals surface area (Å²) in [5.74, 6) is -1.78. The quantitative estimate of drug-likeness (QED) is 0.198. The number of carbonyl (C=O) groups excluding carboxylic acids is 4. The summed E-state index contributed by atoms with van der Waals surface area (Å²) in [7, 11) is 1.20. The molecular weight excluding hydrogens is 695 g/mol. The van der Waals surface area contributed by atoms with E-state index in [1.165, 1.54) is 43.5 Å². The standard InChI is InChI=1S/C27H18Br2ClFN2O6S/c1-38-26(36)18-11-17(6-7-21(18)30)32-23(34)12-33-25(35)22(40-27(33)37)10-15-8-19(28)24(20(29)9-15)39-13-14-2-4-16(31)5-3-14/h2-11H,12-13H2,1H3,(H,32,34)/b22-10+. The Morgan fingerprint density at radius 3 is 2.40 bits per heavy atom. The number of nitrogens with zero attached hydrogens (tertiary/aromatic N) is 1. The Labute approximate surface area is 254 Å². The number of imide groups is 1. The minimum absolute atomic E-state index is 0.0558. The van der Waals surface area contributed by atoms with Gasteiger partial charge in [-0.2, -0.15) is 0 Å². The Bertz CT molecular complexity index is 1530. The van der Waals surface area contributed by atoms with Crippen LogP contribution in [0.15, 0.2) is 68.4 Å². The third-order valence-corrected chi connectivity index (χ3v) is 7.86. The maximum atomic E-state index is 13.1. The van der Waals surface area contributed by atoms with Gasteiger partial charge in [0.25, 0.3) is 11.1 Å². The highest BCUT2D eigenvalue weighted by molar-refractivity contribution is 9.11. The van der Waals surface area contributed by atoms with Gasteiger partial charge in [-0.15, -0.1) is 0 Å². The third kappa shape index (κ3) is 7.11. The smallest absolute Gasteiger partial charge is 0.339 e. The fourth-order valence-electron chi connectivity index (χ4n) is 3.54. The van der Waals surface area contributed by atoms with Gasteiger partial charge in [-0.05, 0) is 103 Å². The van der Waals surface area contributed by atoms with Crippen LogP contribution < -0.4 is 10.1 Å². The highest BCUT2D eigenvalue weighted by atomic mass is 79.9. The molecule has 1 aliphatic rings. The summed E-state index contributed by atoms with van der Waals surface area (Å²) in [5.41, 5.74) is 1.68. The average Bonchev–Trinajstić information content (AvgIpc) is 3.17. The van der Waals surface area contributed by atoms with Crippen LogP contribution in [0.1, 0.15) is 21.5 Å². The molecule has 0 aromatic heterocycles. The zero-order valence-electron chi connectivity index (χ0n) is 20.5. The van der Waals surface area contributed by atoms with Crippen molar-refractivity contribution in [3.63, 3.8) is 0 Å². The number of methoxy groups -OCH3 is 1. The largest absolute Gasteiger partial charge is 0.487 e. The third-order valence-electron chi connectivity index (χ3n) is 5.45. The Morgan fingerprint density at radius 2 is 1.75 bits per heavy atom. The van der Waals surface area contributed by atoms with Gasteiger partial charge >= 0.3 is 5.97 Å². The zero-order chi connectivity index (χ0) is 29.0. The fourth-order valence-corrected chi connectivity index (χ4v) is 6.02. The van der Waals surface area contributed by atoms with Crippen LogP contribution >= 0.6 is 55.2 Å². The number of ether oxygens (including phenoxy) is 2. The summed E-state index contributed by atoms with van der Waals surface area (Å²) in [6.45, 7) is -0.320. The van der Waals surface area contributed by atoms with Gasteiger partial charge in [0.05, 0.1) is 31.5 Å². The van der Waals surface area contributed by atoms with Crippen LogP contribution in [0.5, 0.6) is 5.75 Å². The first-order valence-electron chi connectivity index (χ1n) is 11.3. The predicted octanol–water partition coefficient (Wildman–Crippen LogP) is 7.04. The van der Waals surface area contributed by atoms with Crippen LogP contribution in [0.4, 0.5) is 14.9 Å². The summed E-state index contributed by atoms with van der Waals surface area (Å²) in [6.07, 6.45) is 1.53. The molecule has 13 heteroatoms. The molecule has 0 unspecified atom stereocenters. The lowest BCUT2D eigenvalue weighted by atomic mass is 10.2. The number of amides is 3. The molecule has 0 spiro atoms. The van der Waals surface area contributed by atoms with Gasteiger partial charge in [-0.3, -0.25) is 19.3 Å². The summed E-state index contributed by atoms with van der Waals surface area (Å²) >= 11 is 13.6. The van der Waals surface area contributed by atoms with Crippen LogP contribution in [0.25, 0.3) is 6.08 Å². The normalized spacial score (nSPS) is 14.0. The molecule has 8 nitrogen and oxygen atoms in total. The molecule has 1 fully saturated rings. The molecule has 1 saturated heterocycles. The Kier molecular flexibility index (Phi) is 9.67. The van der Waals surface area contributed by atoms with E-state index < -0.39 is 29.6 Å².